The highest BCUT2D eigenvalue weighted by Crippen LogP contribution is 2.21. The van der Waals surface area contributed by atoms with Gasteiger partial charge in [-0.05, 0) is 37.5 Å². The lowest BCUT2D eigenvalue weighted by molar-refractivity contribution is -0.142. The number of carbonyl (C=O) groups is 2. The van der Waals surface area contributed by atoms with Gasteiger partial charge in [-0.1, -0.05) is 156 Å². The standard InChI is InChI=1S/C36H70O4S/c1-5-9-13-17-19-23-27-33(25-21-15-11-7-3)29-39-35(37)31-41-32-36(38)40-30-34(26-22-16-12-8-4)28-24-20-18-14-10-6-2/h33-34H,5-32H2,1-4H3. The molecular formula is C36H70O4S. The molecule has 0 bridgehead atoms. The third-order valence-electron chi connectivity index (χ3n) is 8.26. The summed E-state index contributed by atoms with van der Waals surface area (Å²) >= 11 is 1.33. The fourth-order valence-corrected chi connectivity index (χ4v) is 6.09. The molecule has 5 heteroatoms. The molecule has 4 nitrogen and oxygen atoms in total. The van der Waals surface area contributed by atoms with Gasteiger partial charge in [-0.25, -0.2) is 0 Å². The molecule has 0 saturated carbocycles. The first kappa shape index (κ1) is 40.3. The van der Waals surface area contributed by atoms with Crippen molar-refractivity contribution in [3.63, 3.8) is 0 Å². The van der Waals surface area contributed by atoms with E-state index in [0.29, 0.717) is 25.0 Å². The fourth-order valence-electron chi connectivity index (χ4n) is 5.49. The molecule has 0 amide bonds. The summed E-state index contributed by atoms with van der Waals surface area (Å²) in [5.74, 6) is 1.01. The highest BCUT2D eigenvalue weighted by Gasteiger charge is 2.15. The van der Waals surface area contributed by atoms with E-state index in [4.69, 9.17) is 9.47 Å². The van der Waals surface area contributed by atoms with Crippen LogP contribution in [-0.4, -0.2) is 36.7 Å². The Morgan fingerprint density at radius 3 is 1.02 bits per heavy atom. The topological polar surface area (TPSA) is 52.6 Å². The normalized spacial score (nSPS) is 12.8. The molecule has 0 aromatic rings. The molecule has 0 aliphatic heterocycles. The maximum absolute atomic E-state index is 12.4. The molecule has 2 atom stereocenters. The maximum atomic E-state index is 12.4. The Balaban J connectivity index is 4.29. The molecule has 0 rings (SSSR count). The molecule has 0 radical (unpaired) electrons. The van der Waals surface area contributed by atoms with Crippen LogP contribution in [0.2, 0.25) is 0 Å². The van der Waals surface area contributed by atoms with Gasteiger partial charge in [0.25, 0.3) is 0 Å². The molecule has 0 heterocycles. The summed E-state index contributed by atoms with van der Waals surface area (Å²) < 4.78 is 11.3. The van der Waals surface area contributed by atoms with E-state index in [1.54, 1.807) is 0 Å². The van der Waals surface area contributed by atoms with Gasteiger partial charge in [0.1, 0.15) is 0 Å². The number of thioether (sulfide) groups is 1. The highest BCUT2D eigenvalue weighted by atomic mass is 32.2. The molecule has 244 valence electrons. The molecule has 0 saturated heterocycles. The molecule has 0 aromatic carbocycles. The fraction of sp³-hybridized carbons (Fsp3) is 0.944. The van der Waals surface area contributed by atoms with Crippen LogP contribution in [0.3, 0.4) is 0 Å². The monoisotopic (exact) mass is 598 g/mol. The quantitative estimate of drug-likeness (QED) is 0.0569. The van der Waals surface area contributed by atoms with Crippen LogP contribution in [-0.2, 0) is 19.1 Å². The van der Waals surface area contributed by atoms with E-state index in [-0.39, 0.29) is 23.4 Å². The first-order chi connectivity index (χ1) is 20.1. The lowest BCUT2D eigenvalue weighted by Gasteiger charge is -2.18. The van der Waals surface area contributed by atoms with Crippen LogP contribution in [0.25, 0.3) is 0 Å². The van der Waals surface area contributed by atoms with Gasteiger partial charge in [0.2, 0.25) is 0 Å². The number of esters is 2. The second-order valence-corrected chi connectivity index (χ2v) is 13.4. The van der Waals surface area contributed by atoms with Gasteiger partial charge in [-0.2, -0.15) is 0 Å². The largest absolute Gasteiger partial charge is 0.465 e. The van der Waals surface area contributed by atoms with Crippen LogP contribution in [0.4, 0.5) is 0 Å². The zero-order valence-corrected chi connectivity index (χ0v) is 28.8. The highest BCUT2D eigenvalue weighted by molar-refractivity contribution is 8.00. The molecular weight excluding hydrogens is 528 g/mol. The van der Waals surface area contributed by atoms with E-state index >= 15 is 0 Å². The average Bonchev–Trinajstić information content (AvgIpc) is 2.97. The van der Waals surface area contributed by atoms with Crippen LogP contribution in [0.1, 0.15) is 182 Å². The Morgan fingerprint density at radius 2 is 0.707 bits per heavy atom. The number of ether oxygens (including phenoxy) is 2. The maximum Gasteiger partial charge on any atom is 0.315 e. The van der Waals surface area contributed by atoms with Gasteiger partial charge in [-0.15, -0.1) is 11.8 Å². The number of unbranched alkanes of at least 4 members (excludes halogenated alkanes) is 16. The van der Waals surface area contributed by atoms with Crippen molar-refractivity contribution in [2.75, 3.05) is 24.7 Å². The minimum absolute atomic E-state index is 0.193. The van der Waals surface area contributed by atoms with E-state index in [1.165, 1.54) is 140 Å². The molecule has 41 heavy (non-hydrogen) atoms. The van der Waals surface area contributed by atoms with Crippen LogP contribution in [0.15, 0.2) is 0 Å². The second-order valence-electron chi connectivity index (χ2n) is 12.4. The minimum Gasteiger partial charge on any atom is -0.465 e. The molecule has 2 unspecified atom stereocenters. The summed E-state index contributed by atoms with van der Waals surface area (Å²) in [4.78, 5) is 24.8. The summed E-state index contributed by atoms with van der Waals surface area (Å²) in [7, 11) is 0. The van der Waals surface area contributed by atoms with E-state index in [0.717, 1.165) is 25.7 Å². The summed E-state index contributed by atoms with van der Waals surface area (Å²) in [6.07, 6.45) is 30.3. The lowest BCUT2D eigenvalue weighted by atomic mass is 9.95. The number of carbonyl (C=O) groups excluding carboxylic acids is 2. The summed E-state index contributed by atoms with van der Waals surface area (Å²) in [5, 5.41) is 0. The van der Waals surface area contributed by atoms with Gasteiger partial charge in [0.15, 0.2) is 0 Å². The Morgan fingerprint density at radius 1 is 0.439 bits per heavy atom. The first-order valence-electron chi connectivity index (χ1n) is 18.0. The number of hydrogen-bond acceptors (Lipinski definition) is 5. The Kier molecular flexibility index (Phi) is 31.7. The van der Waals surface area contributed by atoms with Crippen LogP contribution in [0.5, 0.6) is 0 Å². The summed E-state index contributed by atoms with van der Waals surface area (Å²) in [5.41, 5.74) is 0. The van der Waals surface area contributed by atoms with Crippen LogP contribution < -0.4 is 0 Å². The minimum atomic E-state index is -0.193. The van der Waals surface area contributed by atoms with Crippen molar-refractivity contribution in [2.24, 2.45) is 11.8 Å². The zero-order valence-electron chi connectivity index (χ0n) is 28.0. The van der Waals surface area contributed by atoms with Crippen molar-refractivity contribution in [2.45, 2.75) is 182 Å². The van der Waals surface area contributed by atoms with E-state index in [1.807, 2.05) is 0 Å². The van der Waals surface area contributed by atoms with Gasteiger partial charge < -0.3 is 9.47 Å². The lowest BCUT2D eigenvalue weighted by Crippen LogP contribution is -2.18. The van der Waals surface area contributed by atoms with Crippen molar-refractivity contribution >= 4 is 23.7 Å². The Labute approximate surface area is 260 Å². The molecule has 0 spiro atoms. The van der Waals surface area contributed by atoms with Crippen molar-refractivity contribution in [3.8, 4) is 0 Å². The molecule has 0 aromatic heterocycles. The van der Waals surface area contributed by atoms with Gasteiger partial charge in [0.05, 0.1) is 24.7 Å². The third-order valence-corrected chi connectivity index (χ3v) is 9.14. The SMILES string of the molecule is CCCCCCCCC(CCCCCC)COC(=O)CSCC(=O)OCC(CCCCCC)CCCCCCCC. The van der Waals surface area contributed by atoms with Crippen LogP contribution >= 0.6 is 11.8 Å². The van der Waals surface area contributed by atoms with Gasteiger partial charge >= 0.3 is 11.9 Å². The van der Waals surface area contributed by atoms with Gasteiger partial charge in [0, 0.05) is 0 Å². The van der Waals surface area contributed by atoms with Crippen molar-refractivity contribution in [1.82, 2.24) is 0 Å². The molecule has 0 N–H and O–H groups in total. The van der Waals surface area contributed by atoms with Crippen molar-refractivity contribution in [1.29, 1.82) is 0 Å². The van der Waals surface area contributed by atoms with Crippen molar-refractivity contribution < 1.29 is 19.1 Å². The van der Waals surface area contributed by atoms with E-state index < -0.39 is 0 Å². The first-order valence-corrected chi connectivity index (χ1v) is 19.1. The van der Waals surface area contributed by atoms with Crippen LogP contribution in [0, 0.1) is 11.8 Å². The zero-order chi connectivity index (χ0) is 30.2. The Hall–Kier alpha value is -0.710. The van der Waals surface area contributed by atoms with Crippen molar-refractivity contribution in [3.05, 3.63) is 0 Å². The Bertz CT molecular complexity index is 520. The third kappa shape index (κ3) is 29.2. The van der Waals surface area contributed by atoms with Gasteiger partial charge in [-0.3, -0.25) is 9.59 Å². The smallest absolute Gasteiger partial charge is 0.315 e. The van der Waals surface area contributed by atoms with E-state index in [2.05, 4.69) is 27.7 Å². The number of hydrogen-bond donors (Lipinski definition) is 0. The van der Waals surface area contributed by atoms with E-state index in [9.17, 15) is 9.59 Å². The average molecular weight is 599 g/mol. The number of rotatable bonds is 32. The molecule has 0 aliphatic carbocycles. The predicted molar refractivity (Wildman–Crippen MR) is 180 cm³/mol. The predicted octanol–water partition coefficient (Wildman–Crippen LogP) is 11.5. The molecule has 0 aliphatic rings. The summed E-state index contributed by atoms with van der Waals surface area (Å²) in [6.45, 7) is 10.1. The summed E-state index contributed by atoms with van der Waals surface area (Å²) in [6, 6.07) is 0. The second kappa shape index (κ2) is 32.2. The molecule has 0 fully saturated rings.